The lowest BCUT2D eigenvalue weighted by Gasteiger charge is -2.15. The SMILES string of the molecule is Cc1cc(C=O)cc(C(O)C(O)C(=O)O)c1. The number of carboxylic acid groups (broad SMARTS) is 1. The van der Waals surface area contributed by atoms with Gasteiger partial charge in [-0.05, 0) is 24.6 Å². The lowest BCUT2D eigenvalue weighted by molar-refractivity contribution is -0.153. The van der Waals surface area contributed by atoms with Crippen molar-refractivity contribution in [2.45, 2.75) is 19.1 Å². The molecule has 16 heavy (non-hydrogen) atoms. The van der Waals surface area contributed by atoms with Crippen molar-refractivity contribution in [3.8, 4) is 0 Å². The number of aliphatic carboxylic acids is 1. The van der Waals surface area contributed by atoms with Gasteiger partial charge in [-0.2, -0.15) is 0 Å². The number of hydrogen-bond donors (Lipinski definition) is 3. The summed E-state index contributed by atoms with van der Waals surface area (Å²) < 4.78 is 0. The van der Waals surface area contributed by atoms with Gasteiger partial charge in [0.05, 0.1) is 0 Å². The number of aliphatic hydroxyl groups excluding tert-OH is 2. The highest BCUT2D eigenvalue weighted by Crippen LogP contribution is 2.19. The fraction of sp³-hybridized carbons (Fsp3) is 0.273. The van der Waals surface area contributed by atoms with Crippen LogP contribution in [0.15, 0.2) is 18.2 Å². The molecule has 5 nitrogen and oxygen atoms in total. The molecule has 86 valence electrons. The van der Waals surface area contributed by atoms with E-state index in [0.717, 1.165) is 0 Å². The highest BCUT2D eigenvalue weighted by Gasteiger charge is 2.25. The van der Waals surface area contributed by atoms with E-state index in [1.807, 2.05) is 0 Å². The fourth-order valence-electron chi connectivity index (χ4n) is 1.40. The van der Waals surface area contributed by atoms with Gasteiger partial charge in [-0.25, -0.2) is 4.79 Å². The first-order valence-electron chi connectivity index (χ1n) is 4.61. The highest BCUT2D eigenvalue weighted by atomic mass is 16.4. The van der Waals surface area contributed by atoms with E-state index in [1.165, 1.54) is 12.1 Å². The van der Waals surface area contributed by atoms with E-state index in [-0.39, 0.29) is 5.56 Å². The van der Waals surface area contributed by atoms with Crippen LogP contribution in [0.1, 0.15) is 27.6 Å². The van der Waals surface area contributed by atoms with Crippen LogP contribution in [0.2, 0.25) is 0 Å². The van der Waals surface area contributed by atoms with Gasteiger partial charge in [0.1, 0.15) is 12.4 Å². The second-order valence-corrected chi connectivity index (χ2v) is 3.52. The van der Waals surface area contributed by atoms with E-state index in [9.17, 15) is 14.7 Å². The third-order valence-corrected chi connectivity index (χ3v) is 2.15. The van der Waals surface area contributed by atoms with Crippen molar-refractivity contribution in [3.05, 3.63) is 34.9 Å². The number of carbonyl (C=O) groups excluding carboxylic acids is 1. The Labute approximate surface area is 92.0 Å². The van der Waals surface area contributed by atoms with Gasteiger partial charge < -0.3 is 15.3 Å². The van der Waals surface area contributed by atoms with Crippen LogP contribution >= 0.6 is 0 Å². The molecule has 2 unspecified atom stereocenters. The number of benzene rings is 1. The maximum absolute atomic E-state index is 10.6. The van der Waals surface area contributed by atoms with Crippen molar-refractivity contribution in [1.29, 1.82) is 0 Å². The lowest BCUT2D eigenvalue weighted by Crippen LogP contribution is -2.27. The number of carboxylic acids is 1. The van der Waals surface area contributed by atoms with Crippen LogP contribution in [0.4, 0.5) is 0 Å². The van der Waals surface area contributed by atoms with Gasteiger partial charge in [0.25, 0.3) is 0 Å². The molecule has 0 aliphatic carbocycles. The first-order chi connectivity index (χ1) is 7.45. The van der Waals surface area contributed by atoms with E-state index in [0.29, 0.717) is 17.4 Å². The molecular formula is C11H12O5. The van der Waals surface area contributed by atoms with Crippen molar-refractivity contribution >= 4 is 12.3 Å². The number of rotatable bonds is 4. The summed E-state index contributed by atoms with van der Waals surface area (Å²) in [5, 5.41) is 27.3. The van der Waals surface area contributed by atoms with Gasteiger partial charge in [-0.3, -0.25) is 4.79 Å². The highest BCUT2D eigenvalue weighted by molar-refractivity contribution is 5.76. The molecule has 0 aromatic heterocycles. The van der Waals surface area contributed by atoms with Crippen molar-refractivity contribution < 1.29 is 24.9 Å². The maximum atomic E-state index is 10.6. The van der Waals surface area contributed by atoms with Crippen molar-refractivity contribution in [2.75, 3.05) is 0 Å². The van der Waals surface area contributed by atoms with Crippen LogP contribution in [-0.2, 0) is 4.79 Å². The first kappa shape index (κ1) is 12.4. The number of aliphatic hydroxyl groups is 2. The van der Waals surface area contributed by atoms with Gasteiger partial charge in [0.15, 0.2) is 6.10 Å². The number of aldehydes is 1. The van der Waals surface area contributed by atoms with E-state index in [4.69, 9.17) is 10.2 Å². The Balaban J connectivity index is 3.07. The van der Waals surface area contributed by atoms with Crippen LogP contribution in [-0.4, -0.2) is 33.7 Å². The van der Waals surface area contributed by atoms with Crippen molar-refractivity contribution in [3.63, 3.8) is 0 Å². The summed E-state index contributed by atoms with van der Waals surface area (Å²) in [4.78, 5) is 21.1. The van der Waals surface area contributed by atoms with Crippen LogP contribution in [0.25, 0.3) is 0 Å². The van der Waals surface area contributed by atoms with E-state index in [2.05, 4.69) is 0 Å². The van der Waals surface area contributed by atoms with Crippen LogP contribution in [0, 0.1) is 6.92 Å². The predicted molar refractivity (Wildman–Crippen MR) is 55.2 cm³/mol. The zero-order chi connectivity index (χ0) is 12.3. The van der Waals surface area contributed by atoms with Crippen molar-refractivity contribution in [1.82, 2.24) is 0 Å². The van der Waals surface area contributed by atoms with Gasteiger partial charge >= 0.3 is 5.97 Å². The minimum atomic E-state index is -1.90. The summed E-state index contributed by atoms with van der Waals surface area (Å²) in [6.45, 7) is 1.70. The number of carbonyl (C=O) groups is 2. The van der Waals surface area contributed by atoms with E-state index in [1.54, 1.807) is 13.0 Å². The fourth-order valence-corrected chi connectivity index (χ4v) is 1.40. The molecule has 0 bridgehead atoms. The summed E-state index contributed by atoms with van der Waals surface area (Å²) in [6, 6.07) is 4.46. The molecule has 0 saturated carbocycles. The summed E-state index contributed by atoms with van der Waals surface area (Å²) in [5.74, 6) is -1.51. The van der Waals surface area contributed by atoms with Crippen molar-refractivity contribution in [2.24, 2.45) is 0 Å². The van der Waals surface area contributed by atoms with E-state index >= 15 is 0 Å². The molecule has 0 saturated heterocycles. The van der Waals surface area contributed by atoms with Gasteiger partial charge in [-0.15, -0.1) is 0 Å². The molecule has 1 aromatic rings. The molecule has 3 N–H and O–H groups in total. The van der Waals surface area contributed by atoms with E-state index < -0.39 is 18.2 Å². The Morgan fingerprint density at radius 1 is 1.31 bits per heavy atom. The molecule has 0 fully saturated rings. The first-order valence-corrected chi connectivity index (χ1v) is 4.61. The third kappa shape index (κ3) is 2.65. The summed E-state index contributed by atoms with van der Waals surface area (Å²) in [6.07, 6.45) is -2.85. The summed E-state index contributed by atoms with van der Waals surface area (Å²) >= 11 is 0. The Kier molecular flexibility index (Phi) is 3.76. The number of hydrogen-bond acceptors (Lipinski definition) is 4. The third-order valence-electron chi connectivity index (χ3n) is 2.15. The lowest BCUT2D eigenvalue weighted by atomic mass is 10.00. The predicted octanol–water partition coefficient (Wildman–Crippen LogP) is 0.286. The minimum absolute atomic E-state index is 0.206. The molecule has 5 heteroatoms. The standard InChI is InChI=1S/C11H12O5/c1-6-2-7(5-12)4-8(3-6)9(13)10(14)11(15)16/h2-5,9-10,13-14H,1H3,(H,15,16). The van der Waals surface area contributed by atoms with Crippen LogP contribution in [0.5, 0.6) is 0 Å². The van der Waals surface area contributed by atoms with Crippen LogP contribution < -0.4 is 0 Å². The molecular weight excluding hydrogens is 212 g/mol. The monoisotopic (exact) mass is 224 g/mol. The molecule has 0 heterocycles. The van der Waals surface area contributed by atoms with Gasteiger partial charge in [-0.1, -0.05) is 11.6 Å². The topological polar surface area (TPSA) is 94.8 Å². The summed E-state index contributed by atoms with van der Waals surface area (Å²) in [7, 11) is 0. The molecule has 2 atom stereocenters. The summed E-state index contributed by atoms with van der Waals surface area (Å²) in [5.41, 5.74) is 1.24. The maximum Gasteiger partial charge on any atom is 0.335 e. The molecule has 1 rings (SSSR count). The normalized spacial score (nSPS) is 14.2. The Hall–Kier alpha value is -1.72. The largest absolute Gasteiger partial charge is 0.479 e. The second-order valence-electron chi connectivity index (χ2n) is 3.52. The minimum Gasteiger partial charge on any atom is -0.479 e. The molecule has 0 amide bonds. The quantitative estimate of drug-likeness (QED) is 0.639. The Morgan fingerprint density at radius 3 is 2.44 bits per heavy atom. The Bertz CT molecular complexity index is 413. The molecule has 0 aliphatic heterocycles. The molecule has 0 spiro atoms. The molecule has 0 aliphatic rings. The Morgan fingerprint density at radius 2 is 1.94 bits per heavy atom. The average molecular weight is 224 g/mol. The van der Waals surface area contributed by atoms with Gasteiger partial charge in [0, 0.05) is 5.56 Å². The zero-order valence-electron chi connectivity index (χ0n) is 8.62. The van der Waals surface area contributed by atoms with Crippen LogP contribution in [0.3, 0.4) is 0 Å². The number of aryl methyl sites for hydroxylation is 1. The average Bonchev–Trinajstić information content (AvgIpc) is 2.25. The second kappa shape index (κ2) is 4.87. The zero-order valence-corrected chi connectivity index (χ0v) is 8.62. The molecule has 0 radical (unpaired) electrons. The smallest absolute Gasteiger partial charge is 0.335 e. The van der Waals surface area contributed by atoms with Gasteiger partial charge in [0.2, 0.25) is 0 Å². The molecule has 1 aromatic carbocycles.